The molecule has 2 aromatic heterocycles. The molecule has 1 atom stereocenters. The van der Waals surface area contributed by atoms with Gasteiger partial charge in [0.2, 0.25) is 0 Å². The zero-order valence-corrected chi connectivity index (χ0v) is 21.0. The SMILES string of the molecule is COCCNc1ccnc(C2COCCN2Cc2sccc2C)n1.O=C(O)C(F)(F)F.O=C(O)C(F)(F)F. The molecule has 1 aliphatic heterocycles. The standard InChI is InChI=1S/C17H24N4O2S.2C2HF3O2/c1-13-4-10-24-15(13)11-21-7-9-23-12-14(21)17-19-5-3-16(20-17)18-6-8-22-2;2*3-2(4,5)1(6)7/h3-5,10,14H,6-9,11-12H2,1-2H3,(H,18,19,20);2*(H,6,7). The number of hydrogen-bond donors (Lipinski definition) is 3. The van der Waals surface area contributed by atoms with Crippen molar-refractivity contribution >= 4 is 29.1 Å². The van der Waals surface area contributed by atoms with Gasteiger partial charge < -0.3 is 25.0 Å². The molecule has 1 saturated heterocycles. The lowest BCUT2D eigenvalue weighted by Crippen LogP contribution is -2.39. The topological polar surface area (TPSA) is 134 Å². The van der Waals surface area contributed by atoms with E-state index >= 15 is 0 Å². The van der Waals surface area contributed by atoms with Crippen molar-refractivity contribution in [2.45, 2.75) is 31.9 Å². The number of nitrogens with one attached hydrogen (secondary N) is 1. The maximum Gasteiger partial charge on any atom is 0.490 e. The Labute approximate surface area is 217 Å². The van der Waals surface area contributed by atoms with Gasteiger partial charge in [0.05, 0.1) is 25.9 Å². The molecule has 1 unspecified atom stereocenters. The smallest absolute Gasteiger partial charge is 0.475 e. The number of anilines is 1. The van der Waals surface area contributed by atoms with E-state index in [1.165, 1.54) is 10.4 Å². The number of aliphatic carboxylic acids is 2. The van der Waals surface area contributed by atoms with Crippen LogP contribution in [0.15, 0.2) is 23.7 Å². The summed E-state index contributed by atoms with van der Waals surface area (Å²) in [5.74, 6) is -3.87. The molecule has 38 heavy (non-hydrogen) atoms. The normalized spacial score (nSPS) is 15.9. The number of carboxylic acid groups (broad SMARTS) is 2. The number of hydrogen-bond acceptors (Lipinski definition) is 9. The summed E-state index contributed by atoms with van der Waals surface area (Å²) < 4.78 is 74.2. The lowest BCUT2D eigenvalue weighted by molar-refractivity contribution is -0.193. The fourth-order valence-corrected chi connectivity index (χ4v) is 3.66. The second kappa shape index (κ2) is 15.4. The monoisotopic (exact) mass is 576 g/mol. The average molecular weight is 577 g/mol. The van der Waals surface area contributed by atoms with Crippen molar-refractivity contribution in [3.05, 3.63) is 40.0 Å². The highest BCUT2D eigenvalue weighted by atomic mass is 32.1. The first-order valence-electron chi connectivity index (χ1n) is 10.7. The van der Waals surface area contributed by atoms with E-state index in [0.717, 1.165) is 37.9 Å². The largest absolute Gasteiger partial charge is 0.490 e. The Balaban J connectivity index is 0.000000426. The fourth-order valence-electron chi connectivity index (χ4n) is 2.73. The summed E-state index contributed by atoms with van der Waals surface area (Å²) in [7, 11) is 1.69. The number of carbonyl (C=O) groups is 2. The zero-order valence-electron chi connectivity index (χ0n) is 20.2. The van der Waals surface area contributed by atoms with Gasteiger partial charge in [-0.2, -0.15) is 26.3 Å². The zero-order chi connectivity index (χ0) is 28.9. The maximum atomic E-state index is 10.6. The van der Waals surface area contributed by atoms with Gasteiger partial charge in [-0.25, -0.2) is 19.6 Å². The van der Waals surface area contributed by atoms with Gasteiger partial charge in [0.1, 0.15) is 11.6 Å². The van der Waals surface area contributed by atoms with Gasteiger partial charge in [0.15, 0.2) is 0 Å². The Kier molecular flexibility index (Phi) is 13.4. The summed E-state index contributed by atoms with van der Waals surface area (Å²) in [6.45, 7) is 6.74. The molecule has 2 aromatic rings. The Bertz CT molecular complexity index is 997. The van der Waals surface area contributed by atoms with Crippen molar-refractivity contribution in [1.29, 1.82) is 0 Å². The van der Waals surface area contributed by atoms with Crippen LogP contribution in [0.1, 0.15) is 22.3 Å². The highest BCUT2D eigenvalue weighted by Gasteiger charge is 2.38. The lowest BCUT2D eigenvalue weighted by atomic mass is 10.2. The molecule has 0 radical (unpaired) electrons. The van der Waals surface area contributed by atoms with Crippen molar-refractivity contribution in [3.8, 4) is 0 Å². The summed E-state index contributed by atoms with van der Waals surface area (Å²) in [4.78, 5) is 30.8. The summed E-state index contributed by atoms with van der Waals surface area (Å²) in [6, 6.07) is 4.15. The van der Waals surface area contributed by atoms with Crippen molar-refractivity contribution < 1.29 is 55.6 Å². The molecule has 1 aliphatic rings. The van der Waals surface area contributed by atoms with E-state index in [0.29, 0.717) is 13.2 Å². The highest BCUT2D eigenvalue weighted by Crippen LogP contribution is 2.27. The second-order valence-corrected chi connectivity index (χ2v) is 8.41. The fraction of sp³-hybridized carbons (Fsp3) is 0.524. The number of morpholine rings is 1. The van der Waals surface area contributed by atoms with E-state index in [1.807, 2.05) is 17.4 Å². The van der Waals surface area contributed by atoms with Gasteiger partial charge in [-0.1, -0.05) is 0 Å². The summed E-state index contributed by atoms with van der Waals surface area (Å²) >= 11 is 1.81. The first-order valence-corrected chi connectivity index (χ1v) is 11.6. The van der Waals surface area contributed by atoms with Gasteiger partial charge in [-0.15, -0.1) is 11.3 Å². The van der Waals surface area contributed by atoms with Gasteiger partial charge in [-0.05, 0) is 30.0 Å². The first-order chi connectivity index (χ1) is 17.7. The Morgan fingerprint density at radius 2 is 1.79 bits per heavy atom. The van der Waals surface area contributed by atoms with Gasteiger partial charge in [0, 0.05) is 37.8 Å². The number of nitrogens with zero attached hydrogens (tertiary/aromatic N) is 3. The van der Waals surface area contributed by atoms with Crippen molar-refractivity contribution in [1.82, 2.24) is 14.9 Å². The molecule has 214 valence electrons. The minimum Gasteiger partial charge on any atom is -0.475 e. The molecule has 0 spiro atoms. The molecular formula is C21H26F6N4O6S. The number of methoxy groups -OCH3 is 1. The minimum absolute atomic E-state index is 0.0874. The molecule has 0 bridgehead atoms. The van der Waals surface area contributed by atoms with Gasteiger partial charge in [0.25, 0.3) is 0 Å². The van der Waals surface area contributed by atoms with Gasteiger partial charge in [-0.3, -0.25) is 4.90 Å². The van der Waals surface area contributed by atoms with Crippen molar-refractivity contribution in [2.75, 3.05) is 45.3 Å². The van der Waals surface area contributed by atoms with E-state index in [9.17, 15) is 26.3 Å². The maximum absolute atomic E-state index is 10.6. The van der Waals surface area contributed by atoms with Crippen LogP contribution in [0.5, 0.6) is 0 Å². The quantitative estimate of drug-likeness (QED) is 0.331. The number of thiophene rings is 1. The third-order valence-corrected chi connectivity index (χ3v) is 5.63. The van der Waals surface area contributed by atoms with Crippen LogP contribution < -0.4 is 5.32 Å². The van der Waals surface area contributed by atoms with E-state index in [4.69, 9.17) is 29.3 Å². The molecule has 3 heterocycles. The second-order valence-electron chi connectivity index (χ2n) is 7.41. The van der Waals surface area contributed by atoms with E-state index in [2.05, 4.69) is 38.6 Å². The Morgan fingerprint density at radius 1 is 1.18 bits per heavy atom. The predicted octanol–water partition coefficient (Wildman–Crippen LogP) is 3.74. The molecule has 3 N–H and O–H groups in total. The average Bonchev–Trinajstić information content (AvgIpc) is 3.23. The third kappa shape index (κ3) is 12.0. The lowest BCUT2D eigenvalue weighted by Gasteiger charge is -2.34. The van der Waals surface area contributed by atoms with Crippen LogP contribution in [-0.4, -0.2) is 89.4 Å². The van der Waals surface area contributed by atoms with Crippen LogP contribution in [0.3, 0.4) is 0 Å². The Hall–Kier alpha value is -3.02. The van der Waals surface area contributed by atoms with Crippen LogP contribution in [0.2, 0.25) is 0 Å². The number of carboxylic acids is 2. The van der Waals surface area contributed by atoms with Crippen LogP contribution in [0, 0.1) is 6.92 Å². The number of rotatable bonds is 7. The summed E-state index contributed by atoms with van der Waals surface area (Å²) in [5, 5.41) is 19.7. The van der Waals surface area contributed by atoms with Crippen LogP contribution in [0.25, 0.3) is 0 Å². The Morgan fingerprint density at radius 3 is 2.29 bits per heavy atom. The molecule has 0 aromatic carbocycles. The molecule has 0 aliphatic carbocycles. The minimum atomic E-state index is -5.08. The predicted molar refractivity (Wildman–Crippen MR) is 123 cm³/mol. The van der Waals surface area contributed by atoms with E-state index in [1.54, 1.807) is 13.3 Å². The summed E-state index contributed by atoms with van der Waals surface area (Å²) in [6.07, 6.45) is -8.36. The van der Waals surface area contributed by atoms with Gasteiger partial charge >= 0.3 is 24.3 Å². The molecular weight excluding hydrogens is 550 g/mol. The molecule has 1 fully saturated rings. The third-order valence-electron chi connectivity index (χ3n) is 4.62. The molecule has 10 nitrogen and oxygen atoms in total. The number of ether oxygens (including phenoxy) is 2. The molecule has 3 rings (SSSR count). The number of aromatic nitrogens is 2. The van der Waals surface area contributed by atoms with Crippen LogP contribution in [0.4, 0.5) is 32.2 Å². The van der Waals surface area contributed by atoms with Crippen LogP contribution in [-0.2, 0) is 25.6 Å². The highest BCUT2D eigenvalue weighted by molar-refractivity contribution is 7.10. The molecule has 0 amide bonds. The van der Waals surface area contributed by atoms with E-state index in [-0.39, 0.29) is 6.04 Å². The summed E-state index contributed by atoms with van der Waals surface area (Å²) in [5.41, 5.74) is 1.35. The van der Waals surface area contributed by atoms with Crippen LogP contribution >= 0.6 is 11.3 Å². The van der Waals surface area contributed by atoms with E-state index < -0.39 is 24.3 Å². The first kappa shape index (κ1) is 33.0. The van der Waals surface area contributed by atoms with Crippen molar-refractivity contribution in [2.24, 2.45) is 0 Å². The molecule has 0 saturated carbocycles. The number of halogens is 6. The molecule has 17 heteroatoms. The number of aryl methyl sites for hydroxylation is 1. The number of alkyl halides is 6. The van der Waals surface area contributed by atoms with Crippen molar-refractivity contribution in [3.63, 3.8) is 0 Å².